The number of hydrogen-bond donors (Lipinski definition) is 2. The second kappa shape index (κ2) is 5.38. The average molecular weight is 251 g/mol. The molecule has 0 amide bonds. The van der Waals surface area contributed by atoms with Crippen molar-refractivity contribution in [3.05, 3.63) is 29.6 Å². The summed E-state index contributed by atoms with van der Waals surface area (Å²) in [6, 6.07) is 3.95. The predicted octanol–water partition coefficient (Wildman–Crippen LogP) is 3.16. The van der Waals surface area contributed by atoms with E-state index in [-0.39, 0.29) is 0 Å². The summed E-state index contributed by atoms with van der Waals surface area (Å²) >= 11 is 0. The number of hydrogen-bond acceptors (Lipinski definition) is 2. The maximum atomic E-state index is 13.2. The van der Waals surface area contributed by atoms with Gasteiger partial charge >= 0.3 is 5.97 Å². The molecule has 3 N–H and O–H groups in total. The number of nitrogen functional groups attached to an aromatic ring is 1. The Morgan fingerprint density at radius 2 is 2.11 bits per heavy atom. The van der Waals surface area contributed by atoms with Crippen LogP contribution in [0.25, 0.3) is 0 Å². The van der Waals surface area contributed by atoms with Gasteiger partial charge in [0.2, 0.25) is 0 Å². The fraction of sp³-hybridized carbons (Fsp3) is 0.500. The summed E-state index contributed by atoms with van der Waals surface area (Å²) in [6.45, 7) is 0. The molecule has 1 aliphatic carbocycles. The fourth-order valence-electron chi connectivity index (χ4n) is 2.79. The lowest BCUT2D eigenvalue weighted by Crippen LogP contribution is -2.16. The summed E-state index contributed by atoms with van der Waals surface area (Å²) in [5.41, 5.74) is 6.55. The first kappa shape index (κ1) is 12.9. The van der Waals surface area contributed by atoms with E-state index in [0.717, 1.165) is 25.7 Å². The zero-order valence-electron chi connectivity index (χ0n) is 10.2. The highest BCUT2D eigenvalue weighted by molar-refractivity contribution is 5.78. The number of nitrogens with two attached hydrogens (primary N) is 1. The summed E-state index contributed by atoms with van der Waals surface area (Å²) in [4.78, 5) is 11.4. The molecule has 0 aromatic heterocycles. The van der Waals surface area contributed by atoms with Gasteiger partial charge in [0.15, 0.2) is 0 Å². The molecule has 1 aliphatic rings. The first-order valence-corrected chi connectivity index (χ1v) is 6.35. The lowest BCUT2D eigenvalue weighted by molar-refractivity contribution is -0.139. The number of halogens is 1. The lowest BCUT2D eigenvalue weighted by atomic mass is 9.87. The molecular formula is C14H18FNO2. The number of aliphatic carboxylic acids is 1. The normalized spacial score (nSPS) is 17.8. The van der Waals surface area contributed by atoms with E-state index in [4.69, 9.17) is 5.73 Å². The maximum absolute atomic E-state index is 13.2. The molecule has 18 heavy (non-hydrogen) atoms. The molecule has 0 radical (unpaired) electrons. The molecule has 1 aromatic carbocycles. The Kier molecular flexibility index (Phi) is 3.84. The van der Waals surface area contributed by atoms with Gasteiger partial charge in [0.05, 0.1) is 5.92 Å². The lowest BCUT2D eigenvalue weighted by Gasteiger charge is -2.18. The molecule has 1 fully saturated rings. The molecule has 1 unspecified atom stereocenters. The van der Waals surface area contributed by atoms with E-state index in [2.05, 4.69) is 0 Å². The van der Waals surface area contributed by atoms with Gasteiger partial charge in [-0.15, -0.1) is 0 Å². The second-order valence-electron chi connectivity index (χ2n) is 5.05. The summed E-state index contributed by atoms with van der Waals surface area (Å²) in [6.07, 6.45) is 5.02. The van der Waals surface area contributed by atoms with Gasteiger partial charge in [0.25, 0.3) is 0 Å². The van der Waals surface area contributed by atoms with Gasteiger partial charge in [-0.25, -0.2) is 4.39 Å². The highest BCUT2D eigenvalue weighted by atomic mass is 19.1. The van der Waals surface area contributed by atoms with E-state index in [1.807, 2.05) is 0 Å². The Hall–Kier alpha value is -1.58. The van der Waals surface area contributed by atoms with E-state index in [1.165, 1.54) is 18.2 Å². The van der Waals surface area contributed by atoms with Crippen LogP contribution in [0.2, 0.25) is 0 Å². The molecule has 1 aromatic rings. The highest BCUT2D eigenvalue weighted by Crippen LogP contribution is 2.36. The van der Waals surface area contributed by atoms with Crippen LogP contribution in [0.15, 0.2) is 18.2 Å². The summed E-state index contributed by atoms with van der Waals surface area (Å²) < 4.78 is 13.2. The van der Waals surface area contributed by atoms with Crippen molar-refractivity contribution >= 4 is 11.7 Å². The zero-order chi connectivity index (χ0) is 13.1. The van der Waals surface area contributed by atoms with E-state index < -0.39 is 17.7 Å². The Morgan fingerprint density at radius 1 is 1.44 bits per heavy atom. The van der Waals surface area contributed by atoms with Crippen molar-refractivity contribution < 1.29 is 14.3 Å². The number of carbonyl (C=O) groups is 1. The maximum Gasteiger partial charge on any atom is 0.311 e. The van der Waals surface area contributed by atoms with Crippen LogP contribution in [0.5, 0.6) is 0 Å². The number of carboxylic acid groups (broad SMARTS) is 1. The van der Waals surface area contributed by atoms with Crippen LogP contribution in [0.4, 0.5) is 10.1 Å². The molecule has 1 saturated carbocycles. The van der Waals surface area contributed by atoms with Crippen LogP contribution < -0.4 is 5.73 Å². The molecule has 0 aliphatic heterocycles. The van der Waals surface area contributed by atoms with Gasteiger partial charge in [0, 0.05) is 5.69 Å². The van der Waals surface area contributed by atoms with E-state index >= 15 is 0 Å². The first-order valence-electron chi connectivity index (χ1n) is 6.35. The van der Waals surface area contributed by atoms with Crippen molar-refractivity contribution in [2.24, 2.45) is 5.92 Å². The van der Waals surface area contributed by atoms with Crippen molar-refractivity contribution in [2.45, 2.75) is 38.0 Å². The monoisotopic (exact) mass is 251 g/mol. The van der Waals surface area contributed by atoms with Crippen LogP contribution >= 0.6 is 0 Å². The highest BCUT2D eigenvalue weighted by Gasteiger charge is 2.27. The molecule has 0 saturated heterocycles. The third-order valence-electron chi connectivity index (χ3n) is 3.77. The molecule has 0 spiro atoms. The average Bonchev–Trinajstić information content (AvgIpc) is 2.82. The molecule has 3 nitrogen and oxygen atoms in total. The van der Waals surface area contributed by atoms with Gasteiger partial charge < -0.3 is 10.8 Å². The van der Waals surface area contributed by atoms with Crippen molar-refractivity contribution in [2.75, 3.05) is 5.73 Å². The summed E-state index contributed by atoms with van der Waals surface area (Å²) in [5, 5.41) is 9.32. The minimum Gasteiger partial charge on any atom is -0.481 e. The number of benzene rings is 1. The summed E-state index contributed by atoms with van der Waals surface area (Å²) in [7, 11) is 0. The van der Waals surface area contributed by atoms with Crippen molar-refractivity contribution in [1.29, 1.82) is 0 Å². The van der Waals surface area contributed by atoms with E-state index in [9.17, 15) is 14.3 Å². The third-order valence-corrected chi connectivity index (χ3v) is 3.77. The molecular weight excluding hydrogens is 233 g/mol. The Bertz CT molecular complexity index is 441. The van der Waals surface area contributed by atoms with Crippen molar-refractivity contribution in [3.8, 4) is 0 Å². The quantitative estimate of drug-likeness (QED) is 0.808. The van der Waals surface area contributed by atoms with Crippen LogP contribution in [-0.4, -0.2) is 11.1 Å². The fourth-order valence-corrected chi connectivity index (χ4v) is 2.79. The van der Waals surface area contributed by atoms with Gasteiger partial charge in [-0.3, -0.25) is 4.79 Å². The number of rotatable bonds is 4. The number of carboxylic acids is 1. The minimum absolute atomic E-state index is 0.363. The number of anilines is 1. The minimum atomic E-state index is -0.917. The van der Waals surface area contributed by atoms with Crippen molar-refractivity contribution in [1.82, 2.24) is 0 Å². The first-order chi connectivity index (χ1) is 8.58. The van der Waals surface area contributed by atoms with E-state index in [1.54, 1.807) is 0 Å². The SMILES string of the molecule is Nc1ccc(F)cc1C(CC1CCCC1)C(=O)O. The largest absolute Gasteiger partial charge is 0.481 e. The Balaban J connectivity index is 2.23. The molecule has 4 heteroatoms. The van der Waals surface area contributed by atoms with Gasteiger partial charge in [-0.1, -0.05) is 25.7 Å². The zero-order valence-corrected chi connectivity index (χ0v) is 10.2. The molecule has 1 atom stereocenters. The summed E-state index contributed by atoms with van der Waals surface area (Å²) in [5.74, 6) is -1.62. The van der Waals surface area contributed by atoms with Crippen LogP contribution in [0.3, 0.4) is 0 Å². The van der Waals surface area contributed by atoms with Gasteiger partial charge in [-0.2, -0.15) is 0 Å². The standard InChI is InChI=1S/C14H18FNO2/c15-10-5-6-13(16)11(8-10)12(14(17)18)7-9-3-1-2-4-9/h5-6,8-9,12H,1-4,7,16H2,(H,17,18). The Morgan fingerprint density at radius 3 is 2.72 bits per heavy atom. The molecule has 0 bridgehead atoms. The van der Waals surface area contributed by atoms with Gasteiger partial charge in [0.1, 0.15) is 5.82 Å². The smallest absolute Gasteiger partial charge is 0.311 e. The molecule has 0 heterocycles. The molecule has 98 valence electrons. The van der Waals surface area contributed by atoms with Gasteiger partial charge in [-0.05, 0) is 36.1 Å². The third kappa shape index (κ3) is 2.81. The van der Waals surface area contributed by atoms with Crippen molar-refractivity contribution in [3.63, 3.8) is 0 Å². The predicted molar refractivity (Wildman–Crippen MR) is 67.8 cm³/mol. The topological polar surface area (TPSA) is 63.3 Å². The molecule has 2 rings (SSSR count). The second-order valence-corrected chi connectivity index (χ2v) is 5.05. The Labute approximate surface area is 106 Å². The van der Waals surface area contributed by atoms with E-state index in [0.29, 0.717) is 23.6 Å². The van der Waals surface area contributed by atoms with Crippen LogP contribution in [-0.2, 0) is 4.79 Å². The van der Waals surface area contributed by atoms with Crippen LogP contribution in [0, 0.1) is 11.7 Å². The van der Waals surface area contributed by atoms with Crippen LogP contribution in [0.1, 0.15) is 43.6 Å².